The number of benzene rings is 1. The quantitative estimate of drug-likeness (QED) is 0.828. The molecular weight excluding hydrogens is 272 g/mol. The first-order valence-electron chi connectivity index (χ1n) is 7.39. The maximum Gasteiger partial charge on any atom is 0.253 e. The van der Waals surface area contributed by atoms with Crippen molar-refractivity contribution in [1.82, 2.24) is 5.32 Å². The fourth-order valence-electron chi connectivity index (χ4n) is 2.83. The molecule has 0 bridgehead atoms. The number of carbonyl (C=O) groups excluding carboxylic acids is 1. The molecule has 1 aliphatic rings. The van der Waals surface area contributed by atoms with Crippen molar-refractivity contribution < 1.29 is 4.79 Å². The molecule has 1 aromatic rings. The SMILES string of the molecule is CC1CCC(CCNC(=O)c2cc(Cl)ccc2N)CC1. The zero-order chi connectivity index (χ0) is 14.5. The normalized spacial score (nSPS) is 22.5. The van der Waals surface area contributed by atoms with Gasteiger partial charge in [-0.15, -0.1) is 0 Å². The van der Waals surface area contributed by atoms with E-state index in [1.165, 1.54) is 25.7 Å². The van der Waals surface area contributed by atoms with Crippen LogP contribution in [0.3, 0.4) is 0 Å². The molecule has 20 heavy (non-hydrogen) atoms. The number of carbonyl (C=O) groups is 1. The van der Waals surface area contributed by atoms with Crippen LogP contribution in [0.4, 0.5) is 5.69 Å². The lowest BCUT2D eigenvalue weighted by atomic mass is 9.81. The maximum atomic E-state index is 12.1. The summed E-state index contributed by atoms with van der Waals surface area (Å²) < 4.78 is 0. The Balaban J connectivity index is 1.79. The number of anilines is 1. The van der Waals surface area contributed by atoms with Crippen molar-refractivity contribution in [2.75, 3.05) is 12.3 Å². The maximum absolute atomic E-state index is 12.1. The first kappa shape index (κ1) is 15.2. The van der Waals surface area contributed by atoms with Crippen LogP contribution in [-0.2, 0) is 0 Å². The van der Waals surface area contributed by atoms with Gasteiger partial charge >= 0.3 is 0 Å². The summed E-state index contributed by atoms with van der Waals surface area (Å²) >= 11 is 5.89. The van der Waals surface area contributed by atoms with Crippen LogP contribution < -0.4 is 11.1 Å². The molecule has 1 fully saturated rings. The lowest BCUT2D eigenvalue weighted by Crippen LogP contribution is -2.27. The van der Waals surface area contributed by atoms with Crippen molar-refractivity contribution in [2.24, 2.45) is 11.8 Å². The number of rotatable bonds is 4. The summed E-state index contributed by atoms with van der Waals surface area (Å²) in [5.74, 6) is 1.49. The van der Waals surface area contributed by atoms with Crippen LogP contribution in [0.15, 0.2) is 18.2 Å². The molecule has 2 rings (SSSR count). The third-order valence-electron chi connectivity index (χ3n) is 4.23. The third-order valence-corrected chi connectivity index (χ3v) is 4.47. The van der Waals surface area contributed by atoms with Gasteiger partial charge in [-0.05, 0) is 36.5 Å². The Hall–Kier alpha value is -1.22. The lowest BCUT2D eigenvalue weighted by molar-refractivity contribution is 0.0950. The van der Waals surface area contributed by atoms with Gasteiger partial charge in [-0.1, -0.05) is 44.2 Å². The Labute approximate surface area is 125 Å². The molecule has 0 saturated heterocycles. The molecule has 3 nitrogen and oxygen atoms in total. The highest BCUT2D eigenvalue weighted by Gasteiger charge is 2.18. The second kappa shape index (κ2) is 6.98. The number of amides is 1. The molecule has 1 saturated carbocycles. The summed E-state index contributed by atoms with van der Waals surface area (Å²) in [4.78, 5) is 12.1. The highest BCUT2D eigenvalue weighted by molar-refractivity contribution is 6.31. The van der Waals surface area contributed by atoms with Crippen LogP contribution in [0.2, 0.25) is 5.02 Å². The summed E-state index contributed by atoms with van der Waals surface area (Å²) in [6.45, 7) is 3.03. The minimum absolute atomic E-state index is 0.130. The predicted octanol–water partition coefficient (Wildman–Crippen LogP) is 3.87. The largest absolute Gasteiger partial charge is 0.398 e. The van der Waals surface area contributed by atoms with Crippen molar-refractivity contribution in [3.8, 4) is 0 Å². The van der Waals surface area contributed by atoms with Gasteiger partial charge in [0.15, 0.2) is 0 Å². The van der Waals surface area contributed by atoms with Gasteiger partial charge in [0.05, 0.1) is 5.56 Å². The molecule has 1 aliphatic carbocycles. The fourth-order valence-corrected chi connectivity index (χ4v) is 3.00. The van der Waals surface area contributed by atoms with E-state index in [9.17, 15) is 4.79 Å². The lowest BCUT2D eigenvalue weighted by Gasteiger charge is -2.26. The van der Waals surface area contributed by atoms with E-state index in [2.05, 4.69) is 12.2 Å². The van der Waals surface area contributed by atoms with Gasteiger partial charge < -0.3 is 11.1 Å². The molecule has 0 atom stereocenters. The second-order valence-electron chi connectivity index (χ2n) is 5.90. The van der Waals surface area contributed by atoms with Crippen molar-refractivity contribution in [3.05, 3.63) is 28.8 Å². The first-order valence-corrected chi connectivity index (χ1v) is 7.77. The van der Waals surface area contributed by atoms with Gasteiger partial charge in [0, 0.05) is 17.3 Å². The van der Waals surface area contributed by atoms with Gasteiger partial charge in [-0.25, -0.2) is 0 Å². The average Bonchev–Trinajstić information content (AvgIpc) is 2.43. The third kappa shape index (κ3) is 4.14. The summed E-state index contributed by atoms with van der Waals surface area (Å²) in [5.41, 5.74) is 6.74. The average molecular weight is 295 g/mol. The Morgan fingerprint density at radius 2 is 2.05 bits per heavy atom. The van der Waals surface area contributed by atoms with Crippen molar-refractivity contribution >= 4 is 23.2 Å². The Kier molecular flexibility index (Phi) is 5.30. The fraction of sp³-hybridized carbons (Fsp3) is 0.562. The van der Waals surface area contributed by atoms with Gasteiger partial charge in [0.1, 0.15) is 0 Å². The van der Waals surface area contributed by atoms with Crippen LogP contribution in [0, 0.1) is 11.8 Å². The van der Waals surface area contributed by atoms with E-state index in [4.69, 9.17) is 17.3 Å². The van der Waals surface area contributed by atoms with E-state index in [1.54, 1.807) is 18.2 Å². The number of nitrogens with one attached hydrogen (secondary N) is 1. The number of nitrogens with two attached hydrogens (primary N) is 1. The number of hydrogen-bond donors (Lipinski definition) is 2. The molecule has 3 N–H and O–H groups in total. The molecule has 110 valence electrons. The molecule has 0 spiro atoms. The Morgan fingerprint density at radius 3 is 2.75 bits per heavy atom. The van der Waals surface area contributed by atoms with Crippen LogP contribution in [0.1, 0.15) is 49.4 Å². The second-order valence-corrected chi connectivity index (χ2v) is 6.34. The summed E-state index contributed by atoms with van der Waals surface area (Å²) in [5, 5.41) is 3.48. The molecule has 0 heterocycles. The van der Waals surface area contributed by atoms with E-state index >= 15 is 0 Å². The molecular formula is C16H23ClN2O. The van der Waals surface area contributed by atoms with E-state index < -0.39 is 0 Å². The minimum atomic E-state index is -0.130. The van der Waals surface area contributed by atoms with Gasteiger partial charge in [-0.2, -0.15) is 0 Å². The smallest absolute Gasteiger partial charge is 0.253 e. The molecule has 1 aromatic carbocycles. The van der Waals surface area contributed by atoms with Crippen LogP contribution >= 0.6 is 11.6 Å². The number of halogens is 1. The minimum Gasteiger partial charge on any atom is -0.398 e. The summed E-state index contributed by atoms with van der Waals surface area (Å²) in [6.07, 6.45) is 6.27. The van der Waals surface area contributed by atoms with Crippen molar-refractivity contribution in [3.63, 3.8) is 0 Å². The standard InChI is InChI=1S/C16H23ClN2O/c1-11-2-4-12(5-3-11)8-9-19-16(20)14-10-13(17)6-7-15(14)18/h6-7,10-12H,2-5,8-9,18H2,1H3,(H,19,20). The molecule has 1 amide bonds. The van der Waals surface area contributed by atoms with E-state index in [1.807, 2.05) is 0 Å². The molecule has 4 heteroatoms. The molecule has 0 radical (unpaired) electrons. The van der Waals surface area contributed by atoms with E-state index in [-0.39, 0.29) is 5.91 Å². The van der Waals surface area contributed by atoms with E-state index in [0.29, 0.717) is 22.8 Å². The van der Waals surface area contributed by atoms with Crippen LogP contribution in [-0.4, -0.2) is 12.5 Å². The molecule has 0 aliphatic heterocycles. The molecule has 0 aromatic heterocycles. The van der Waals surface area contributed by atoms with Crippen LogP contribution in [0.25, 0.3) is 0 Å². The van der Waals surface area contributed by atoms with Gasteiger partial charge in [0.2, 0.25) is 0 Å². The van der Waals surface area contributed by atoms with Gasteiger partial charge in [-0.3, -0.25) is 4.79 Å². The number of nitrogen functional groups attached to an aromatic ring is 1. The highest BCUT2D eigenvalue weighted by Crippen LogP contribution is 2.30. The Bertz CT molecular complexity index is 468. The summed E-state index contributed by atoms with van der Waals surface area (Å²) in [7, 11) is 0. The van der Waals surface area contributed by atoms with Gasteiger partial charge in [0.25, 0.3) is 5.91 Å². The summed E-state index contributed by atoms with van der Waals surface area (Å²) in [6, 6.07) is 4.98. The Morgan fingerprint density at radius 1 is 1.35 bits per heavy atom. The van der Waals surface area contributed by atoms with Crippen LogP contribution in [0.5, 0.6) is 0 Å². The molecule has 0 unspecified atom stereocenters. The highest BCUT2D eigenvalue weighted by atomic mass is 35.5. The topological polar surface area (TPSA) is 55.1 Å². The monoisotopic (exact) mass is 294 g/mol. The van der Waals surface area contributed by atoms with Crippen molar-refractivity contribution in [1.29, 1.82) is 0 Å². The first-order chi connectivity index (χ1) is 9.56. The zero-order valence-electron chi connectivity index (χ0n) is 12.0. The van der Waals surface area contributed by atoms with Crippen molar-refractivity contribution in [2.45, 2.75) is 39.0 Å². The zero-order valence-corrected chi connectivity index (χ0v) is 12.7. The number of hydrogen-bond acceptors (Lipinski definition) is 2. The predicted molar refractivity (Wildman–Crippen MR) is 83.9 cm³/mol. The van der Waals surface area contributed by atoms with E-state index in [0.717, 1.165) is 18.3 Å².